The first-order chi connectivity index (χ1) is 11.2. The normalized spacial score (nSPS) is 10.1. The zero-order chi connectivity index (χ0) is 16.5. The summed E-state index contributed by atoms with van der Waals surface area (Å²) in [5.74, 6) is 0.406. The Kier molecular flexibility index (Phi) is 6.38. The fourth-order valence-corrected chi connectivity index (χ4v) is 2.32. The molecule has 3 heteroatoms. The fourth-order valence-electron chi connectivity index (χ4n) is 2.32. The predicted molar refractivity (Wildman–Crippen MR) is 91.0 cm³/mol. The number of nitrogens with zero attached hydrogens (tertiary/aromatic N) is 1. The summed E-state index contributed by atoms with van der Waals surface area (Å²) in [6.45, 7) is 2.11. The Bertz CT molecular complexity index is 666. The number of hydrogen-bond donors (Lipinski definition) is 0. The predicted octanol–water partition coefficient (Wildman–Crippen LogP) is 4.91. The van der Waals surface area contributed by atoms with Gasteiger partial charge in [-0.25, -0.2) is 0 Å². The lowest BCUT2D eigenvalue weighted by Gasteiger charge is -2.06. The van der Waals surface area contributed by atoms with E-state index in [4.69, 9.17) is 10.00 Å². The van der Waals surface area contributed by atoms with Crippen molar-refractivity contribution >= 4 is 5.97 Å². The highest BCUT2D eigenvalue weighted by Crippen LogP contribution is 2.23. The van der Waals surface area contributed by atoms with Gasteiger partial charge in [-0.05, 0) is 35.2 Å². The van der Waals surface area contributed by atoms with E-state index in [-0.39, 0.29) is 5.97 Å². The second-order valence-corrected chi connectivity index (χ2v) is 5.49. The van der Waals surface area contributed by atoms with Gasteiger partial charge in [0.15, 0.2) is 0 Å². The van der Waals surface area contributed by atoms with Gasteiger partial charge in [0.25, 0.3) is 0 Å². The summed E-state index contributed by atoms with van der Waals surface area (Å²) in [5.41, 5.74) is 3.14. The van der Waals surface area contributed by atoms with Crippen LogP contribution in [-0.4, -0.2) is 5.97 Å². The van der Waals surface area contributed by atoms with E-state index in [0.717, 1.165) is 36.0 Å². The molecule has 0 aliphatic heterocycles. The first-order valence-corrected chi connectivity index (χ1v) is 8.00. The molecule has 0 saturated heterocycles. The molecule has 2 rings (SSSR count). The van der Waals surface area contributed by atoms with Gasteiger partial charge in [-0.1, -0.05) is 56.2 Å². The summed E-state index contributed by atoms with van der Waals surface area (Å²) in [4.78, 5) is 11.7. The molecule has 0 saturated carbocycles. The summed E-state index contributed by atoms with van der Waals surface area (Å²) in [6, 6.07) is 17.6. The molecule has 0 bridgehead atoms. The van der Waals surface area contributed by atoms with Gasteiger partial charge in [0.05, 0.1) is 12.5 Å². The molecule has 0 heterocycles. The largest absolute Gasteiger partial charge is 0.427 e. The van der Waals surface area contributed by atoms with Crippen molar-refractivity contribution in [3.8, 4) is 22.9 Å². The van der Waals surface area contributed by atoms with Crippen LogP contribution in [0.2, 0.25) is 0 Å². The third-order valence-electron chi connectivity index (χ3n) is 3.64. The highest BCUT2D eigenvalue weighted by atomic mass is 16.5. The molecule has 0 spiro atoms. The number of carbonyl (C=O) groups excluding carboxylic acids is 1. The van der Waals surface area contributed by atoms with Crippen LogP contribution in [0.25, 0.3) is 11.1 Å². The molecular formula is C20H21NO2. The van der Waals surface area contributed by atoms with E-state index in [2.05, 4.69) is 13.0 Å². The van der Waals surface area contributed by atoms with E-state index in [9.17, 15) is 4.79 Å². The topological polar surface area (TPSA) is 50.1 Å². The molecule has 2 aromatic rings. The zero-order valence-corrected chi connectivity index (χ0v) is 13.4. The molecule has 0 aliphatic rings. The number of carbonyl (C=O) groups is 1. The second kappa shape index (κ2) is 8.75. The Balaban J connectivity index is 1.96. The average molecular weight is 307 g/mol. The van der Waals surface area contributed by atoms with Crippen LogP contribution in [0, 0.1) is 11.3 Å². The van der Waals surface area contributed by atoms with Crippen molar-refractivity contribution in [3.05, 3.63) is 54.1 Å². The van der Waals surface area contributed by atoms with Gasteiger partial charge < -0.3 is 4.74 Å². The molecule has 23 heavy (non-hydrogen) atoms. The smallest absolute Gasteiger partial charge is 0.311 e. The number of rotatable bonds is 7. The van der Waals surface area contributed by atoms with Gasteiger partial charge in [-0.2, -0.15) is 5.26 Å². The number of ether oxygens (including phenoxy) is 1. The quantitative estimate of drug-likeness (QED) is 0.415. The molecule has 118 valence electrons. The van der Waals surface area contributed by atoms with Crippen molar-refractivity contribution in [2.75, 3.05) is 0 Å². The lowest BCUT2D eigenvalue weighted by Crippen LogP contribution is -2.07. The van der Waals surface area contributed by atoms with E-state index in [1.807, 2.05) is 48.5 Å². The Hall–Kier alpha value is -2.60. The molecule has 3 nitrogen and oxygen atoms in total. The Morgan fingerprint density at radius 3 is 2.17 bits per heavy atom. The average Bonchev–Trinajstić information content (AvgIpc) is 2.57. The van der Waals surface area contributed by atoms with Gasteiger partial charge in [-0.15, -0.1) is 0 Å². The minimum absolute atomic E-state index is 0.174. The van der Waals surface area contributed by atoms with Crippen molar-refractivity contribution in [3.63, 3.8) is 0 Å². The molecule has 0 unspecified atom stereocenters. The highest BCUT2D eigenvalue weighted by molar-refractivity contribution is 5.73. The highest BCUT2D eigenvalue weighted by Gasteiger charge is 2.05. The van der Waals surface area contributed by atoms with Gasteiger partial charge in [0, 0.05) is 6.42 Å². The Morgan fingerprint density at radius 2 is 1.61 bits per heavy atom. The third-order valence-corrected chi connectivity index (χ3v) is 3.64. The molecule has 0 atom stereocenters. The van der Waals surface area contributed by atoms with Crippen LogP contribution in [0.1, 0.15) is 38.2 Å². The van der Waals surface area contributed by atoms with Crippen molar-refractivity contribution in [1.82, 2.24) is 0 Å². The molecule has 0 amide bonds. The van der Waals surface area contributed by atoms with E-state index in [1.165, 1.54) is 0 Å². The summed E-state index contributed by atoms with van der Waals surface area (Å²) in [5, 5.41) is 8.69. The van der Waals surface area contributed by atoms with Crippen LogP contribution in [0.4, 0.5) is 0 Å². The van der Waals surface area contributed by atoms with Gasteiger partial charge in [-0.3, -0.25) is 4.79 Å². The van der Waals surface area contributed by atoms with E-state index >= 15 is 0 Å². The molecule has 0 N–H and O–H groups in total. The molecule has 0 aliphatic carbocycles. The van der Waals surface area contributed by atoms with E-state index in [0.29, 0.717) is 18.6 Å². The van der Waals surface area contributed by atoms with Crippen LogP contribution in [0.15, 0.2) is 48.5 Å². The lowest BCUT2D eigenvalue weighted by molar-refractivity contribution is -0.134. The molecule has 0 fully saturated rings. The number of unbranched alkanes of at least 4 members (excludes halogenated alkanes) is 2. The minimum atomic E-state index is -0.174. The first kappa shape index (κ1) is 16.8. The van der Waals surface area contributed by atoms with Crippen LogP contribution in [0.5, 0.6) is 5.75 Å². The maximum absolute atomic E-state index is 11.7. The molecule has 0 aromatic heterocycles. The van der Waals surface area contributed by atoms with Crippen molar-refractivity contribution < 1.29 is 9.53 Å². The van der Waals surface area contributed by atoms with Crippen molar-refractivity contribution in [2.24, 2.45) is 0 Å². The third kappa shape index (κ3) is 5.27. The van der Waals surface area contributed by atoms with Gasteiger partial charge in [0.2, 0.25) is 0 Å². The number of hydrogen-bond acceptors (Lipinski definition) is 3. The van der Waals surface area contributed by atoms with E-state index in [1.54, 1.807) is 0 Å². The zero-order valence-electron chi connectivity index (χ0n) is 13.4. The molecular weight excluding hydrogens is 286 g/mol. The Labute approximate surface area is 137 Å². The number of esters is 1. The monoisotopic (exact) mass is 307 g/mol. The van der Waals surface area contributed by atoms with E-state index < -0.39 is 0 Å². The van der Waals surface area contributed by atoms with Gasteiger partial charge in [0.1, 0.15) is 5.75 Å². The standard InChI is InChI=1S/C20H21NO2/c1-2-3-4-5-20(22)23-19-12-10-18(11-13-19)17-8-6-16(7-9-17)14-15-21/h6-13H,2-5,14H2,1H3. The maximum atomic E-state index is 11.7. The van der Waals surface area contributed by atoms with Crippen LogP contribution in [0.3, 0.4) is 0 Å². The molecule has 0 radical (unpaired) electrons. The fraction of sp³-hybridized carbons (Fsp3) is 0.300. The van der Waals surface area contributed by atoms with Crippen LogP contribution < -0.4 is 4.74 Å². The number of nitriles is 1. The summed E-state index contributed by atoms with van der Waals surface area (Å²) in [7, 11) is 0. The number of benzene rings is 2. The minimum Gasteiger partial charge on any atom is -0.427 e. The summed E-state index contributed by atoms with van der Waals surface area (Å²) < 4.78 is 5.33. The lowest BCUT2D eigenvalue weighted by atomic mass is 10.0. The second-order valence-electron chi connectivity index (χ2n) is 5.49. The van der Waals surface area contributed by atoms with Gasteiger partial charge >= 0.3 is 5.97 Å². The summed E-state index contributed by atoms with van der Waals surface area (Å²) >= 11 is 0. The van der Waals surface area contributed by atoms with Crippen LogP contribution >= 0.6 is 0 Å². The van der Waals surface area contributed by atoms with Crippen molar-refractivity contribution in [1.29, 1.82) is 5.26 Å². The summed E-state index contributed by atoms with van der Waals surface area (Å²) in [6.07, 6.45) is 3.91. The Morgan fingerprint density at radius 1 is 1.00 bits per heavy atom. The maximum Gasteiger partial charge on any atom is 0.311 e. The SMILES string of the molecule is CCCCCC(=O)Oc1ccc(-c2ccc(CC#N)cc2)cc1. The van der Waals surface area contributed by atoms with Crippen molar-refractivity contribution in [2.45, 2.75) is 39.0 Å². The molecule has 2 aromatic carbocycles. The first-order valence-electron chi connectivity index (χ1n) is 8.00. The van der Waals surface area contributed by atoms with Crippen LogP contribution in [-0.2, 0) is 11.2 Å².